The van der Waals surface area contributed by atoms with E-state index in [1.165, 1.54) is 10.9 Å². The van der Waals surface area contributed by atoms with E-state index in [0.717, 1.165) is 0 Å². The summed E-state index contributed by atoms with van der Waals surface area (Å²) in [4.78, 5) is 19.7. The summed E-state index contributed by atoms with van der Waals surface area (Å²) in [5.41, 5.74) is 4.93. The molecule has 2 aliphatic carbocycles. The summed E-state index contributed by atoms with van der Waals surface area (Å²) >= 11 is 0. The van der Waals surface area contributed by atoms with Crippen LogP contribution in [0.15, 0.2) is 30.7 Å². The molecule has 12 heteroatoms. The van der Waals surface area contributed by atoms with Crippen LogP contribution in [0.1, 0.15) is 18.9 Å². The third-order valence-electron chi connectivity index (χ3n) is 5.53. The predicted molar refractivity (Wildman–Crippen MR) is 105 cm³/mol. The third-order valence-corrected chi connectivity index (χ3v) is 5.53. The molecule has 1 fully saturated rings. The topological polar surface area (TPSA) is 131 Å². The number of anilines is 3. The smallest absolute Gasteiger partial charge is 0.391 e. The number of rotatable bonds is 7. The van der Waals surface area contributed by atoms with Crippen molar-refractivity contribution in [3.8, 4) is 0 Å². The average molecular weight is 437 g/mol. The van der Waals surface area contributed by atoms with Crippen LogP contribution in [0.2, 0.25) is 0 Å². The molecule has 2 heterocycles. The number of fused-ring (bicyclic) bond motifs is 2. The minimum atomic E-state index is -4.68. The molecule has 9 nitrogen and oxygen atoms in total. The summed E-state index contributed by atoms with van der Waals surface area (Å²) in [6.45, 7) is 1.87. The normalized spacial score (nSPS) is 25.6. The van der Waals surface area contributed by atoms with Crippen molar-refractivity contribution in [2.24, 2.45) is 23.5 Å². The molecule has 5 N–H and O–H groups in total. The SMILES string of the molecule is C[C@@H](O)Cn1cc(Nc2ncc(C(F)(F)F)c(N[C@@H]3[C@H](C(N)=O)[C@@H]4C=C[C@@H]3C4)n2)cn1. The van der Waals surface area contributed by atoms with Gasteiger partial charge in [-0.3, -0.25) is 9.48 Å². The zero-order valence-electron chi connectivity index (χ0n) is 16.5. The maximum atomic E-state index is 13.6. The lowest BCUT2D eigenvalue weighted by Crippen LogP contribution is -2.41. The molecule has 0 spiro atoms. The Morgan fingerprint density at radius 2 is 2.10 bits per heavy atom. The fourth-order valence-corrected chi connectivity index (χ4v) is 4.25. The number of amides is 1. The van der Waals surface area contributed by atoms with Gasteiger partial charge in [0.05, 0.1) is 30.5 Å². The lowest BCUT2D eigenvalue weighted by atomic mass is 9.88. The van der Waals surface area contributed by atoms with Gasteiger partial charge in [-0.25, -0.2) is 4.98 Å². The molecule has 2 aliphatic rings. The highest BCUT2D eigenvalue weighted by Gasteiger charge is 2.48. The standard InChI is InChI=1S/C19H22F3N7O2/c1-9(30)7-29-8-12(5-25-29)26-18-24-6-13(19(20,21)22)17(28-18)27-15-11-3-2-10(4-11)14(15)16(23)31/h2-3,5-6,8-11,14-15,30H,4,7H2,1H3,(H2,23,31)(H2,24,26,27,28)/t9-,10-,11-,14-,15+/m1/s1. The van der Waals surface area contributed by atoms with Crippen LogP contribution in [0.3, 0.4) is 0 Å². The Labute approximate surface area is 175 Å². The highest BCUT2D eigenvalue weighted by atomic mass is 19.4. The van der Waals surface area contributed by atoms with Gasteiger partial charge in [-0.15, -0.1) is 0 Å². The number of allylic oxidation sites excluding steroid dienone is 1. The van der Waals surface area contributed by atoms with E-state index in [2.05, 4.69) is 25.7 Å². The molecular weight excluding hydrogens is 415 g/mol. The fraction of sp³-hybridized carbons (Fsp3) is 0.474. The molecule has 5 atom stereocenters. The summed E-state index contributed by atoms with van der Waals surface area (Å²) in [5.74, 6) is -1.84. The Balaban J connectivity index is 1.60. The Morgan fingerprint density at radius 1 is 1.35 bits per heavy atom. The van der Waals surface area contributed by atoms with Crippen molar-refractivity contribution in [1.82, 2.24) is 19.7 Å². The van der Waals surface area contributed by atoms with Gasteiger partial charge in [0.15, 0.2) is 0 Å². The second kappa shape index (κ2) is 7.84. The number of aromatic nitrogens is 4. The van der Waals surface area contributed by atoms with Crippen LogP contribution in [-0.4, -0.2) is 42.9 Å². The zero-order valence-corrected chi connectivity index (χ0v) is 16.5. The largest absolute Gasteiger partial charge is 0.421 e. The molecule has 166 valence electrons. The summed E-state index contributed by atoms with van der Waals surface area (Å²) in [5, 5.41) is 19.1. The van der Waals surface area contributed by atoms with Crippen LogP contribution in [0.4, 0.5) is 30.6 Å². The van der Waals surface area contributed by atoms with Gasteiger partial charge in [-0.05, 0) is 25.2 Å². The van der Waals surface area contributed by atoms with Gasteiger partial charge in [0.1, 0.15) is 11.4 Å². The lowest BCUT2D eigenvalue weighted by molar-refractivity contribution is -0.137. The van der Waals surface area contributed by atoms with Gasteiger partial charge < -0.3 is 21.5 Å². The molecule has 2 aromatic heterocycles. The van der Waals surface area contributed by atoms with Gasteiger partial charge >= 0.3 is 6.18 Å². The van der Waals surface area contributed by atoms with Crippen LogP contribution in [0, 0.1) is 17.8 Å². The number of hydrogen-bond acceptors (Lipinski definition) is 7. The molecule has 2 aromatic rings. The number of nitrogens with one attached hydrogen (secondary N) is 2. The molecule has 4 rings (SSSR count). The van der Waals surface area contributed by atoms with Crippen molar-refractivity contribution in [3.63, 3.8) is 0 Å². The number of alkyl halides is 3. The Kier molecular flexibility index (Phi) is 5.33. The number of primary amides is 1. The molecule has 31 heavy (non-hydrogen) atoms. The molecule has 0 unspecified atom stereocenters. The minimum absolute atomic E-state index is 0.0681. The van der Waals surface area contributed by atoms with Gasteiger partial charge in [-0.1, -0.05) is 12.2 Å². The first kappa shape index (κ1) is 21.1. The number of nitrogens with two attached hydrogens (primary N) is 1. The molecular formula is C19H22F3N7O2. The Morgan fingerprint density at radius 3 is 2.77 bits per heavy atom. The number of carbonyl (C=O) groups is 1. The molecule has 0 saturated heterocycles. The van der Waals surface area contributed by atoms with Crippen molar-refractivity contribution in [2.75, 3.05) is 10.6 Å². The van der Waals surface area contributed by atoms with E-state index in [0.29, 0.717) is 18.3 Å². The first-order valence-electron chi connectivity index (χ1n) is 9.78. The average Bonchev–Trinajstić information content (AvgIpc) is 3.37. The summed E-state index contributed by atoms with van der Waals surface area (Å²) in [6.07, 6.45) is 2.86. The summed E-state index contributed by atoms with van der Waals surface area (Å²) in [6, 6.07) is -0.579. The first-order valence-corrected chi connectivity index (χ1v) is 9.78. The fourth-order valence-electron chi connectivity index (χ4n) is 4.25. The molecule has 0 aliphatic heterocycles. The minimum Gasteiger partial charge on any atom is -0.391 e. The number of carbonyl (C=O) groups excluding carboxylic acids is 1. The van der Waals surface area contributed by atoms with Crippen molar-refractivity contribution in [3.05, 3.63) is 36.3 Å². The number of halogens is 3. The van der Waals surface area contributed by atoms with Crippen molar-refractivity contribution < 1.29 is 23.1 Å². The lowest BCUT2D eigenvalue weighted by Gasteiger charge is -2.28. The van der Waals surface area contributed by atoms with Crippen LogP contribution < -0.4 is 16.4 Å². The summed E-state index contributed by atoms with van der Waals surface area (Å²) < 4.78 is 42.2. The van der Waals surface area contributed by atoms with Gasteiger partial charge in [0.2, 0.25) is 11.9 Å². The van der Waals surface area contributed by atoms with E-state index in [1.807, 2.05) is 12.2 Å². The number of aliphatic hydroxyl groups is 1. The van der Waals surface area contributed by atoms with Gasteiger partial charge in [-0.2, -0.15) is 23.3 Å². The van der Waals surface area contributed by atoms with E-state index >= 15 is 0 Å². The molecule has 0 radical (unpaired) electrons. The molecule has 2 bridgehead atoms. The van der Waals surface area contributed by atoms with Gasteiger partial charge in [0, 0.05) is 18.4 Å². The van der Waals surface area contributed by atoms with Crippen molar-refractivity contribution in [2.45, 2.75) is 38.2 Å². The number of hydrogen-bond donors (Lipinski definition) is 4. The van der Waals surface area contributed by atoms with Gasteiger partial charge in [0.25, 0.3) is 0 Å². The second-order valence-corrected chi connectivity index (χ2v) is 7.93. The predicted octanol–water partition coefficient (Wildman–Crippen LogP) is 1.90. The highest BCUT2D eigenvalue weighted by Crippen LogP contribution is 2.45. The van der Waals surface area contributed by atoms with Crippen LogP contribution in [0.5, 0.6) is 0 Å². The van der Waals surface area contributed by atoms with Crippen molar-refractivity contribution in [1.29, 1.82) is 0 Å². The third kappa shape index (κ3) is 4.33. The monoisotopic (exact) mass is 437 g/mol. The van der Waals surface area contributed by atoms with E-state index in [-0.39, 0.29) is 24.3 Å². The highest BCUT2D eigenvalue weighted by molar-refractivity contribution is 5.80. The maximum absolute atomic E-state index is 13.6. The van der Waals surface area contributed by atoms with Crippen LogP contribution in [-0.2, 0) is 17.5 Å². The van der Waals surface area contributed by atoms with E-state index in [1.54, 1.807) is 13.1 Å². The van der Waals surface area contributed by atoms with Crippen LogP contribution >= 0.6 is 0 Å². The summed E-state index contributed by atoms with van der Waals surface area (Å²) in [7, 11) is 0. The number of aliphatic hydroxyl groups excluding tert-OH is 1. The molecule has 1 saturated carbocycles. The maximum Gasteiger partial charge on any atom is 0.421 e. The second-order valence-electron chi connectivity index (χ2n) is 7.93. The van der Waals surface area contributed by atoms with E-state index in [4.69, 9.17) is 5.73 Å². The first-order chi connectivity index (χ1) is 14.6. The van der Waals surface area contributed by atoms with E-state index in [9.17, 15) is 23.1 Å². The van der Waals surface area contributed by atoms with Crippen LogP contribution in [0.25, 0.3) is 0 Å². The quantitative estimate of drug-likeness (QED) is 0.487. The molecule has 0 aromatic carbocycles. The Bertz CT molecular complexity index is 1000. The number of nitrogens with zero attached hydrogens (tertiary/aromatic N) is 4. The zero-order chi connectivity index (χ0) is 22.3. The Hall–Kier alpha value is -3.15. The van der Waals surface area contributed by atoms with Crippen molar-refractivity contribution >= 4 is 23.4 Å². The molecule has 1 amide bonds. The van der Waals surface area contributed by atoms with E-state index < -0.39 is 41.5 Å².